The molecule has 2 aliphatic heterocycles. The lowest BCUT2D eigenvalue weighted by atomic mass is 9.76. The van der Waals surface area contributed by atoms with E-state index in [1.807, 2.05) is 49.4 Å². The lowest BCUT2D eigenvalue weighted by molar-refractivity contribution is -0.166. The molecule has 7 nitrogen and oxygen atoms in total. The Balaban J connectivity index is 1.74. The van der Waals surface area contributed by atoms with Gasteiger partial charge in [0.1, 0.15) is 5.75 Å². The zero-order valence-electron chi connectivity index (χ0n) is 18.6. The Bertz CT molecular complexity index is 1200. The molecule has 3 aromatic rings. The second-order valence-corrected chi connectivity index (χ2v) is 8.55. The molecule has 2 atom stereocenters. The number of nitrogens with one attached hydrogen (secondary N) is 1. The summed E-state index contributed by atoms with van der Waals surface area (Å²) in [5.41, 5.74) is 2.69. The fourth-order valence-corrected chi connectivity index (χ4v) is 5.29. The number of amides is 2. The first-order chi connectivity index (χ1) is 15.5. The van der Waals surface area contributed by atoms with Gasteiger partial charge >= 0.3 is 0 Å². The number of ether oxygens (including phenoxy) is 2. The Morgan fingerprint density at radius 3 is 2.62 bits per heavy atom. The standard InChI is InChI=1S/C25H27N3O4/c1-25-23-22(17-9-4-6-10-19(17)26-23)18(16-8-5-7-11-20(16)32-3)14-28(25)21(29)15-27(24(25)30)12-13-31-2/h4-11,18,26H,12-15H2,1-3H3/t18?,25-/m0/s1. The lowest BCUT2D eigenvalue weighted by Crippen LogP contribution is -2.67. The van der Waals surface area contributed by atoms with Crippen molar-refractivity contribution in [3.63, 3.8) is 0 Å². The number of carbonyl (C=O) groups excluding carboxylic acids is 2. The number of aromatic nitrogens is 1. The Morgan fingerprint density at radius 1 is 1.09 bits per heavy atom. The van der Waals surface area contributed by atoms with E-state index in [4.69, 9.17) is 9.47 Å². The molecule has 0 aliphatic carbocycles. The summed E-state index contributed by atoms with van der Waals surface area (Å²) in [6, 6.07) is 16.0. The first-order valence-corrected chi connectivity index (χ1v) is 10.8. The SMILES string of the molecule is COCCN1CC(=O)N2CC(c3ccccc3OC)c3c([nH]c4ccccc34)[C@@]2(C)C1=O. The van der Waals surface area contributed by atoms with Crippen LogP contribution in [0.15, 0.2) is 48.5 Å². The van der Waals surface area contributed by atoms with E-state index in [2.05, 4.69) is 11.1 Å². The van der Waals surface area contributed by atoms with E-state index in [1.165, 1.54) is 0 Å². The number of benzene rings is 2. The minimum absolute atomic E-state index is 0.0615. The first kappa shape index (κ1) is 20.6. The van der Waals surface area contributed by atoms with E-state index in [-0.39, 0.29) is 24.3 Å². The predicted octanol–water partition coefficient (Wildman–Crippen LogP) is 2.85. The molecule has 1 saturated heterocycles. The number of H-pyrrole nitrogens is 1. The van der Waals surface area contributed by atoms with E-state index in [1.54, 1.807) is 24.0 Å². The van der Waals surface area contributed by atoms with Crippen LogP contribution >= 0.6 is 0 Å². The van der Waals surface area contributed by atoms with Gasteiger partial charge in [-0.15, -0.1) is 0 Å². The van der Waals surface area contributed by atoms with Gasteiger partial charge in [0, 0.05) is 42.6 Å². The third-order valence-corrected chi connectivity index (χ3v) is 6.90. The van der Waals surface area contributed by atoms with E-state index >= 15 is 0 Å². The number of nitrogens with zero attached hydrogens (tertiary/aromatic N) is 2. The average Bonchev–Trinajstić information content (AvgIpc) is 3.21. The Kier molecular flexibility index (Phi) is 4.93. The van der Waals surface area contributed by atoms with Gasteiger partial charge in [-0.2, -0.15) is 0 Å². The number of rotatable bonds is 5. The Morgan fingerprint density at radius 2 is 1.84 bits per heavy atom. The van der Waals surface area contributed by atoms with E-state index < -0.39 is 5.54 Å². The van der Waals surface area contributed by atoms with Gasteiger partial charge < -0.3 is 24.3 Å². The van der Waals surface area contributed by atoms with E-state index in [9.17, 15) is 9.59 Å². The highest BCUT2D eigenvalue weighted by Gasteiger charge is 2.56. The van der Waals surface area contributed by atoms with E-state index in [0.717, 1.165) is 33.5 Å². The molecule has 0 spiro atoms. The van der Waals surface area contributed by atoms with Crippen molar-refractivity contribution in [2.45, 2.75) is 18.4 Å². The van der Waals surface area contributed by atoms with Crippen molar-refractivity contribution in [2.24, 2.45) is 0 Å². The lowest BCUT2D eigenvalue weighted by Gasteiger charge is -2.51. The summed E-state index contributed by atoms with van der Waals surface area (Å²) in [4.78, 5) is 34.0. The molecular formula is C25H27N3O4. The normalized spacial score (nSPS) is 22.8. The van der Waals surface area contributed by atoms with Gasteiger partial charge in [0.2, 0.25) is 5.91 Å². The molecule has 2 aliphatic rings. The van der Waals surface area contributed by atoms with Crippen LogP contribution in [0.1, 0.15) is 29.7 Å². The molecule has 3 heterocycles. The molecule has 1 N–H and O–H groups in total. The van der Waals surface area contributed by atoms with Crippen LogP contribution in [0.5, 0.6) is 5.75 Å². The Hall–Kier alpha value is -3.32. The fourth-order valence-electron chi connectivity index (χ4n) is 5.29. The highest BCUT2D eigenvalue weighted by molar-refractivity contribution is 6.01. The highest BCUT2D eigenvalue weighted by Crippen LogP contribution is 2.49. The van der Waals surface area contributed by atoms with Gasteiger partial charge in [-0.3, -0.25) is 9.59 Å². The molecule has 0 radical (unpaired) electrons. The van der Waals surface area contributed by atoms with Crippen molar-refractivity contribution in [3.05, 3.63) is 65.4 Å². The quantitative estimate of drug-likeness (QED) is 0.672. The zero-order chi connectivity index (χ0) is 22.5. The maximum atomic E-state index is 13.8. The average molecular weight is 434 g/mol. The third kappa shape index (κ3) is 2.84. The van der Waals surface area contributed by atoms with Crippen molar-refractivity contribution in [3.8, 4) is 5.75 Å². The second-order valence-electron chi connectivity index (χ2n) is 8.55. The summed E-state index contributed by atoms with van der Waals surface area (Å²) >= 11 is 0. The van der Waals surface area contributed by atoms with Gasteiger partial charge in [-0.1, -0.05) is 36.4 Å². The summed E-state index contributed by atoms with van der Waals surface area (Å²) in [5.74, 6) is 0.510. The van der Waals surface area contributed by atoms with Crippen LogP contribution in [-0.2, 0) is 19.9 Å². The van der Waals surface area contributed by atoms with Gasteiger partial charge in [-0.25, -0.2) is 0 Å². The van der Waals surface area contributed by atoms with Gasteiger partial charge in [0.15, 0.2) is 5.54 Å². The monoisotopic (exact) mass is 433 g/mol. The maximum absolute atomic E-state index is 13.8. The molecular weight excluding hydrogens is 406 g/mol. The molecule has 1 fully saturated rings. The fraction of sp³-hybridized carbons (Fsp3) is 0.360. The molecule has 0 bridgehead atoms. The van der Waals surface area contributed by atoms with Crippen molar-refractivity contribution in [1.29, 1.82) is 0 Å². The number of hydrogen-bond donors (Lipinski definition) is 1. The van der Waals surface area contributed by atoms with Crippen LogP contribution in [0.4, 0.5) is 0 Å². The molecule has 7 heteroatoms. The summed E-state index contributed by atoms with van der Waals surface area (Å²) in [6.45, 7) is 3.10. The Labute approximate surface area is 186 Å². The van der Waals surface area contributed by atoms with Crippen LogP contribution in [-0.4, -0.2) is 67.1 Å². The molecule has 1 unspecified atom stereocenters. The van der Waals surface area contributed by atoms with Crippen molar-refractivity contribution in [1.82, 2.24) is 14.8 Å². The largest absolute Gasteiger partial charge is 0.496 e. The molecule has 0 saturated carbocycles. The number of hydrogen-bond acceptors (Lipinski definition) is 4. The molecule has 166 valence electrons. The summed E-state index contributed by atoms with van der Waals surface area (Å²) < 4.78 is 10.8. The number of carbonyl (C=O) groups is 2. The predicted molar refractivity (Wildman–Crippen MR) is 121 cm³/mol. The van der Waals surface area contributed by atoms with Gasteiger partial charge in [0.25, 0.3) is 5.91 Å². The topological polar surface area (TPSA) is 74.9 Å². The summed E-state index contributed by atoms with van der Waals surface area (Å²) in [7, 11) is 3.25. The van der Waals surface area contributed by atoms with Crippen LogP contribution in [0.25, 0.3) is 10.9 Å². The molecule has 2 amide bonds. The number of para-hydroxylation sites is 2. The zero-order valence-corrected chi connectivity index (χ0v) is 18.6. The smallest absolute Gasteiger partial charge is 0.255 e. The van der Waals surface area contributed by atoms with Gasteiger partial charge in [0.05, 0.1) is 26.0 Å². The van der Waals surface area contributed by atoms with Crippen LogP contribution in [0.2, 0.25) is 0 Å². The second kappa shape index (κ2) is 7.67. The molecule has 2 aromatic carbocycles. The first-order valence-electron chi connectivity index (χ1n) is 10.8. The van der Waals surface area contributed by atoms with Crippen molar-refractivity contribution < 1.29 is 19.1 Å². The van der Waals surface area contributed by atoms with Crippen molar-refractivity contribution >= 4 is 22.7 Å². The van der Waals surface area contributed by atoms with E-state index in [0.29, 0.717) is 19.7 Å². The number of methoxy groups -OCH3 is 2. The number of fused-ring (bicyclic) bond motifs is 5. The van der Waals surface area contributed by atoms with Crippen LogP contribution in [0.3, 0.4) is 0 Å². The summed E-state index contributed by atoms with van der Waals surface area (Å²) in [5, 5.41) is 1.06. The maximum Gasteiger partial charge on any atom is 0.255 e. The summed E-state index contributed by atoms with van der Waals surface area (Å²) in [6.07, 6.45) is 0. The number of aromatic amines is 1. The molecule has 1 aromatic heterocycles. The van der Waals surface area contributed by atoms with Crippen LogP contribution < -0.4 is 4.74 Å². The van der Waals surface area contributed by atoms with Crippen molar-refractivity contribution in [2.75, 3.05) is 40.5 Å². The molecule has 32 heavy (non-hydrogen) atoms. The van der Waals surface area contributed by atoms with Gasteiger partial charge in [-0.05, 0) is 24.6 Å². The minimum atomic E-state index is -1.10. The third-order valence-electron chi connectivity index (χ3n) is 6.90. The van der Waals surface area contributed by atoms with Crippen LogP contribution in [0, 0.1) is 0 Å². The number of piperazine rings is 1. The highest BCUT2D eigenvalue weighted by atomic mass is 16.5. The minimum Gasteiger partial charge on any atom is -0.496 e. The molecule has 5 rings (SSSR count).